The average molecular weight is 613 g/mol. The van der Waals surface area contributed by atoms with Gasteiger partial charge < -0.3 is 26.6 Å². The zero-order valence-electron chi connectivity index (χ0n) is 26.2. The fourth-order valence-electron chi connectivity index (χ4n) is 6.16. The molecule has 0 radical (unpaired) electrons. The van der Waals surface area contributed by atoms with E-state index in [0.29, 0.717) is 13.0 Å². The summed E-state index contributed by atoms with van der Waals surface area (Å²) in [7, 11) is -2.06. The lowest BCUT2D eigenvalue weighted by atomic mass is 9.85. The maximum absolute atomic E-state index is 14.1. The number of carbonyl (C=O) groups is 5. The summed E-state index contributed by atoms with van der Waals surface area (Å²) in [5.41, 5.74) is 3.35. The topological polar surface area (TPSA) is 188 Å². The molecule has 0 aromatic carbocycles. The predicted molar refractivity (Wildman–Crippen MR) is 156 cm³/mol. The van der Waals surface area contributed by atoms with Crippen LogP contribution < -0.4 is 21.7 Å². The van der Waals surface area contributed by atoms with Crippen LogP contribution in [-0.4, -0.2) is 97.2 Å². The number of nitrogens with two attached hydrogens (primary N) is 1. The number of likely N-dealkylation sites (N-methyl/N-ethyl adjacent to an activating group) is 1. The molecule has 1 saturated heterocycles. The first-order valence-corrected chi connectivity index (χ1v) is 16.3. The van der Waals surface area contributed by atoms with Crippen LogP contribution in [0.25, 0.3) is 0 Å². The summed E-state index contributed by atoms with van der Waals surface area (Å²) in [5, 5.41) is 8.26. The van der Waals surface area contributed by atoms with Crippen LogP contribution in [-0.2, 0) is 29.2 Å². The number of rotatable bonds is 12. The van der Waals surface area contributed by atoms with Crippen molar-refractivity contribution >= 4 is 39.6 Å². The Morgan fingerprint density at radius 1 is 1.05 bits per heavy atom. The zero-order chi connectivity index (χ0) is 32.2. The lowest BCUT2D eigenvalue weighted by molar-refractivity contribution is -0.145. The number of Topliss-reactive ketones (excluding diaryl/α,β-unsaturated/α-hetero) is 1. The van der Waals surface area contributed by atoms with Crippen molar-refractivity contribution in [3.63, 3.8) is 0 Å². The third-order valence-electron chi connectivity index (χ3n) is 8.93. The number of hydrogen-bond acceptors (Lipinski definition) is 7. The summed E-state index contributed by atoms with van der Waals surface area (Å²) in [4.78, 5) is 66.6. The van der Waals surface area contributed by atoms with Gasteiger partial charge in [-0.3, -0.25) is 19.2 Å². The Bertz CT molecular complexity index is 1240. The number of amides is 5. The van der Waals surface area contributed by atoms with E-state index in [-0.39, 0.29) is 29.7 Å². The van der Waals surface area contributed by atoms with Gasteiger partial charge in [0.25, 0.3) is 5.91 Å². The Morgan fingerprint density at radius 3 is 2.10 bits per heavy atom. The van der Waals surface area contributed by atoms with Gasteiger partial charge in [-0.1, -0.05) is 47.5 Å². The second kappa shape index (κ2) is 11.4. The first-order valence-electron chi connectivity index (χ1n) is 14.4. The van der Waals surface area contributed by atoms with E-state index in [0.717, 1.165) is 23.4 Å². The molecule has 3 rings (SSSR count). The number of hydrogen-bond donors (Lipinski definition) is 4. The quantitative estimate of drug-likeness (QED) is 0.226. The van der Waals surface area contributed by atoms with Gasteiger partial charge in [0.05, 0.1) is 12.3 Å². The molecule has 0 aromatic heterocycles. The smallest absolute Gasteiger partial charge is 0.315 e. The average Bonchev–Trinajstić information content (AvgIpc) is 3.66. The number of urea groups is 1. The molecule has 0 aromatic rings. The molecule has 5 atom stereocenters. The molecule has 5 N–H and O–H groups in total. The third kappa shape index (κ3) is 7.61. The van der Waals surface area contributed by atoms with Crippen molar-refractivity contribution in [3.8, 4) is 0 Å². The number of nitrogens with zero attached hydrogens (tertiary/aromatic N) is 2. The SMILES string of the molecule is CN(CC(C)(C)NC(=O)N[C@H](C(=O)N1C[C@H]2[C@@H]([C@H]1C(=O)NC(CC1CC1)C(=O)C(N)=O)C2(C)C)C(C)(C)C)S(C)(=O)=O. The lowest BCUT2D eigenvalue weighted by Gasteiger charge is -2.38. The Kier molecular flexibility index (Phi) is 9.16. The maximum atomic E-state index is 14.1. The highest BCUT2D eigenvalue weighted by Crippen LogP contribution is 2.65. The largest absolute Gasteiger partial charge is 0.363 e. The molecule has 238 valence electrons. The van der Waals surface area contributed by atoms with Crippen LogP contribution in [0.15, 0.2) is 0 Å². The van der Waals surface area contributed by atoms with E-state index in [1.54, 1.807) is 34.6 Å². The summed E-state index contributed by atoms with van der Waals surface area (Å²) in [6, 6.07) is -3.60. The van der Waals surface area contributed by atoms with Crippen LogP contribution in [0, 0.1) is 28.6 Å². The number of piperidine rings is 1. The molecule has 1 heterocycles. The van der Waals surface area contributed by atoms with E-state index in [9.17, 15) is 32.4 Å². The van der Waals surface area contributed by atoms with Crippen LogP contribution in [0.2, 0.25) is 0 Å². The lowest BCUT2D eigenvalue weighted by Crippen LogP contribution is -2.63. The highest BCUT2D eigenvalue weighted by molar-refractivity contribution is 7.88. The van der Waals surface area contributed by atoms with Crippen molar-refractivity contribution in [3.05, 3.63) is 0 Å². The Morgan fingerprint density at radius 2 is 1.62 bits per heavy atom. The second-order valence-electron chi connectivity index (χ2n) is 14.7. The number of primary amides is 1. The van der Waals surface area contributed by atoms with Crippen molar-refractivity contribution in [2.75, 3.05) is 26.4 Å². The molecule has 1 aliphatic heterocycles. The van der Waals surface area contributed by atoms with Crippen molar-refractivity contribution in [2.24, 2.45) is 34.3 Å². The minimum atomic E-state index is -3.47. The van der Waals surface area contributed by atoms with E-state index in [2.05, 4.69) is 16.0 Å². The van der Waals surface area contributed by atoms with Crippen molar-refractivity contribution < 1.29 is 32.4 Å². The Labute approximate surface area is 249 Å². The molecule has 2 aliphatic carbocycles. The summed E-state index contributed by atoms with van der Waals surface area (Å²) >= 11 is 0. The Hall–Kier alpha value is -2.74. The second-order valence-corrected chi connectivity index (χ2v) is 16.7. The molecule has 2 saturated carbocycles. The van der Waals surface area contributed by atoms with Gasteiger partial charge in [0.15, 0.2) is 0 Å². The van der Waals surface area contributed by atoms with E-state index < -0.39 is 68.6 Å². The summed E-state index contributed by atoms with van der Waals surface area (Å²) in [5.74, 6) is -2.76. The van der Waals surface area contributed by atoms with Crippen molar-refractivity contribution in [1.29, 1.82) is 0 Å². The fourth-order valence-corrected chi connectivity index (χ4v) is 6.72. The summed E-state index contributed by atoms with van der Waals surface area (Å²) in [6.45, 7) is 13.1. The number of carbonyl (C=O) groups excluding carboxylic acids is 5. The molecule has 3 fully saturated rings. The van der Waals surface area contributed by atoms with E-state index in [4.69, 9.17) is 5.73 Å². The van der Waals surface area contributed by atoms with Gasteiger partial charge in [-0.15, -0.1) is 0 Å². The molecule has 42 heavy (non-hydrogen) atoms. The molecule has 0 bridgehead atoms. The van der Waals surface area contributed by atoms with Crippen LogP contribution in [0.5, 0.6) is 0 Å². The van der Waals surface area contributed by atoms with Crippen molar-refractivity contribution in [1.82, 2.24) is 25.2 Å². The van der Waals surface area contributed by atoms with Crippen LogP contribution in [0.3, 0.4) is 0 Å². The number of likely N-dealkylation sites (tertiary alicyclic amines) is 1. The number of ketones is 1. The number of nitrogens with one attached hydrogen (secondary N) is 3. The number of sulfonamides is 1. The highest BCUT2D eigenvalue weighted by Gasteiger charge is 2.70. The maximum Gasteiger partial charge on any atom is 0.315 e. The summed E-state index contributed by atoms with van der Waals surface area (Å²) < 4.78 is 24.9. The van der Waals surface area contributed by atoms with E-state index in [1.807, 2.05) is 13.8 Å². The van der Waals surface area contributed by atoms with Gasteiger partial charge in [0, 0.05) is 25.7 Å². The van der Waals surface area contributed by atoms with Gasteiger partial charge >= 0.3 is 6.03 Å². The molecule has 1 unspecified atom stereocenters. The van der Waals surface area contributed by atoms with E-state index in [1.165, 1.54) is 11.9 Å². The first-order chi connectivity index (χ1) is 19.0. The molecule has 14 heteroatoms. The number of fused-ring (bicyclic) bond motifs is 1. The molecule has 13 nitrogen and oxygen atoms in total. The summed E-state index contributed by atoms with van der Waals surface area (Å²) in [6.07, 6.45) is 3.21. The predicted octanol–water partition coefficient (Wildman–Crippen LogP) is 0.193. The minimum absolute atomic E-state index is 0.00619. The van der Waals surface area contributed by atoms with Gasteiger partial charge in [0.1, 0.15) is 12.1 Å². The van der Waals surface area contributed by atoms with Gasteiger partial charge in [-0.05, 0) is 48.9 Å². The third-order valence-corrected chi connectivity index (χ3v) is 10.2. The van der Waals surface area contributed by atoms with Crippen LogP contribution in [0.4, 0.5) is 4.79 Å². The van der Waals surface area contributed by atoms with Crippen molar-refractivity contribution in [2.45, 2.75) is 91.4 Å². The normalized spacial score (nSPS) is 24.8. The standard InChI is InChI=1S/C28H48N6O7S/c1-26(2,3)21(31-25(39)32-27(4,5)14-33(8)42(9,40)41)24(38)34-13-16-18(28(16,6)7)19(34)23(37)30-17(12-15-10-11-15)20(35)22(29)36/h15-19,21H,10-14H2,1-9H3,(H2,29,36)(H,30,37)(H2,31,32,39)/t16-,17?,18-,19-,21+/m0/s1. The van der Waals surface area contributed by atoms with Gasteiger partial charge in [-0.2, -0.15) is 0 Å². The monoisotopic (exact) mass is 612 g/mol. The zero-order valence-corrected chi connectivity index (χ0v) is 27.1. The minimum Gasteiger partial charge on any atom is -0.363 e. The van der Waals surface area contributed by atoms with Gasteiger partial charge in [-0.25, -0.2) is 17.5 Å². The van der Waals surface area contributed by atoms with Gasteiger partial charge in [0.2, 0.25) is 27.6 Å². The van der Waals surface area contributed by atoms with Crippen LogP contribution >= 0.6 is 0 Å². The first kappa shape index (κ1) is 33.8. The van der Waals surface area contributed by atoms with Crippen LogP contribution in [0.1, 0.15) is 67.7 Å². The highest BCUT2D eigenvalue weighted by atomic mass is 32.2. The molecule has 3 aliphatic rings. The molecule has 5 amide bonds. The molecular weight excluding hydrogens is 564 g/mol. The Balaban J connectivity index is 1.80. The molecular formula is C28H48N6O7S. The molecule has 0 spiro atoms. The van der Waals surface area contributed by atoms with E-state index >= 15 is 0 Å². The fraction of sp³-hybridized carbons (Fsp3) is 0.821.